The molecule has 181 valence electrons. The largest absolute Gasteiger partial charge is 0.764 e. The van der Waals surface area contributed by atoms with E-state index in [1.165, 1.54) is 12.1 Å². The van der Waals surface area contributed by atoms with Crippen LogP contribution >= 0.6 is 23.2 Å². The fourth-order valence-corrected chi connectivity index (χ4v) is 4.58. The third-order valence-corrected chi connectivity index (χ3v) is 8.13. The van der Waals surface area contributed by atoms with E-state index >= 15 is 0 Å². The molecule has 6 nitrogen and oxygen atoms in total. The average Bonchev–Trinajstić information content (AvgIpc) is 3.18. The lowest BCUT2D eigenvalue weighted by Gasteiger charge is -2.46. The number of anilines is 1. The van der Waals surface area contributed by atoms with Gasteiger partial charge in [-0.2, -0.15) is 18.3 Å². The number of halogens is 6. The summed E-state index contributed by atoms with van der Waals surface area (Å²) in [4.78, 5) is 13.5. The molecule has 0 saturated carbocycles. The van der Waals surface area contributed by atoms with Gasteiger partial charge in [0.25, 0.3) is 0 Å². The first-order valence-corrected chi connectivity index (χ1v) is 11.9. The first kappa shape index (κ1) is 26.1. The Morgan fingerprint density at radius 1 is 1.33 bits per heavy atom. The van der Waals surface area contributed by atoms with Gasteiger partial charge in [-0.3, -0.25) is 4.79 Å². The molecule has 3 rings (SSSR count). The van der Waals surface area contributed by atoms with Crippen LogP contribution in [0.4, 0.5) is 19.0 Å². The number of benzene rings is 1. The number of fused-ring (bicyclic) bond motifs is 1. The molecule has 2 unspecified atom stereocenters. The number of hydrogen-bond acceptors (Lipinski definition) is 4. The number of nitrogens with one attached hydrogen (secondary N) is 2. The van der Waals surface area contributed by atoms with Gasteiger partial charge in [-0.1, -0.05) is 53.1 Å². The van der Waals surface area contributed by atoms with Gasteiger partial charge in [-0.05, 0) is 30.5 Å². The molecule has 1 aromatic heterocycles. The number of amides is 1. The van der Waals surface area contributed by atoms with Crippen molar-refractivity contribution in [3.05, 3.63) is 56.8 Å². The molecular formula is C21H22Cl2F3IN4O2-. The highest BCUT2D eigenvalue weighted by Gasteiger charge is 2.40. The SMILES string of the molecule is CC[C@H](C)C([I-])(CO)NC(=O)C1=C(C)Nc2cc(C(F)(F)F)nn2C1c1ccc(Cl)c(Cl)c1. The van der Waals surface area contributed by atoms with E-state index in [-0.39, 0.29) is 34.0 Å². The Labute approximate surface area is 212 Å². The van der Waals surface area contributed by atoms with Crippen molar-refractivity contribution in [2.75, 3.05) is 11.9 Å². The molecule has 3 atom stereocenters. The van der Waals surface area contributed by atoms with E-state index in [1.54, 1.807) is 13.0 Å². The van der Waals surface area contributed by atoms with Crippen LogP contribution in [-0.2, 0) is 11.0 Å². The van der Waals surface area contributed by atoms with Crippen molar-refractivity contribution < 1.29 is 45.7 Å². The van der Waals surface area contributed by atoms with Gasteiger partial charge in [0, 0.05) is 18.4 Å². The van der Waals surface area contributed by atoms with Crippen LogP contribution in [0.25, 0.3) is 0 Å². The number of aliphatic hydroxyl groups excluding tert-OH is 1. The fraction of sp³-hybridized carbons (Fsp3) is 0.429. The Morgan fingerprint density at radius 3 is 2.55 bits per heavy atom. The van der Waals surface area contributed by atoms with Gasteiger partial charge in [0.2, 0.25) is 5.91 Å². The summed E-state index contributed by atoms with van der Waals surface area (Å²) in [6.45, 7) is 5.09. The molecule has 0 saturated heterocycles. The molecule has 2 heterocycles. The van der Waals surface area contributed by atoms with Crippen LogP contribution in [0, 0.1) is 5.92 Å². The predicted molar refractivity (Wildman–Crippen MR) is 116 cm³/mol. The van der Waals surface area contributed by atoms with E-state index in [9.17, 15) is 23.1 Å². The molecule has 1 aromatic carbocycles. The minimum Gasteiger partial charge on any atom is -0.764 e. The average molecular weight is 617 g/mol. The highest BCUT2D eigenvalue weighted by molar-refractivity contribution is 6.42. The number of rotatable bonds is 6. The summed E-state index contributed by atoms with van der Waals surface area (Å²) >= 11 is 14.2. The van der Waals surface area contributed by atoms with Gasteiger partial charge < -0.3 is 38.3 Å². The van der Waals surface area contributed by atoms with Crippen LogP contribution in [0.1, 0.15) is 44.5 Å². The third kappa shape index (κ3) is 5.13. The van der Waals surface area contributed by atoms with Crippen LogP contribution < -0.4 is 33.2 Å². The van der Waals surface area contributed by atoms with Gasteiger partial charge in [-0.25, -0.2) is 4.68 Å². The number of hydrogen-bond donors (Lipinski definition) is 3. The van der Waals surface area contributed by atoms with E-state index < -0.39 is 27.4 Å². The van der Waals surface area contributed by atoms with Crippen molar-refractivity contribution >= 4 is 34.9 Å². The number of aromatic nitrogens is 2. The van der Waals surface area contributed by atoms with E-state index in [0.29, 0.717) is 17.7 Å². The van der Waals surface area contributed by atoms with Gasteiger partial charge in [0.15, 0.2) is 5.69 Å². The quantitative estimate of drug-likeness (QED) is 0.263. The zero-order valence-corrected chi connectivity index (χ0v) is 21.6. The standard InChI is InChI=1S/C21H22Cl2F3IN4O2/c1-4-10(2)20(27,9-32)29-19(33)17-11(3)28-16-8-15(21(24,25)26)30-31(16)18(17)12-5-6-13(22)14(23)7-12/h5-8,10,18,28,32H,4,9H2,1-3H3,(H,29,33)/q-1/t10-,18?,20?/m0/s1. The van der Waals surface area contributed by atoms with Crippen molar-refractivity contribution in [3.8, 4) is 0 Å². The van der Waals surface area contributed by atoms with Crippen molar-refractivity contribution in [3.63, 3.8) is 0 Å². The van der Waals surface area contributed by atoms with Crippen molar-refractivity contribution in [2.45, 2.75) is 43.0 Å². The van der Waals surface area contributed by atoms with Crippen LogP contribution in [0.3, 0.4) is 0 Å². The van der Waals surface area contributed by atoms with E-state index in [2.05, 4.69) is 15.7 Å². The fourth-order valence-electron chi connectivity index (χ4n) is 3.59. The lowest BCUT2D eigenvalue weighted by Crippen LogP contribution is -3.46. The molecule has 0 aliphatic carbocycles. The van der Waals surface area contributed by atoms with E-state index in [4.69, 9.17) is 23.2 Å². The zero-order valence-electron chi connectivity index (χ0n) is 17.9. The molecule has 1 amide bonds. The van der Waals surface area contributed by atoms with E-state index in [0.717, 1.165) is 10.7 Å². The summed E-state index contributed by atoms with van der Waals surface area (Å²) in [5, 5.41) is 19.9. The molecule has 0 fully saturated rings. The second kappa shape index (κ2) is 9.63. The first-order chi connectivity index (χ1) is 15.3. The van der Waals surface area contributed by atoms with Crippen LogP contribution in [-0.4, -0.2) is 30.9 Å². The van der Waals surface area contributed by atoms with Crippen molar-refractivity contribution in [1.82, 2.24) is 15.1 Å². The molecule has 0 spiro atoms. The molecule has 1 aliphatic rings. The van der Waals surface area contributed by atoms with Gasteiger partial charge in [0.05, 0.1) is 15.6 Å². The molecule has 0 bridgehead atoms. The molecule has 33 heavy (non-hydrogen) atoms. The Balaban J connectivity index is 2.15. The summed E-state index contributed by atoms with van der Waals surface area (Å²) in [6, 6.07) is 4.47. The second-order valence-electron chi connectivity index (χ2n) is 7.88. The number of carbonyl (C=O) groups is 1. The normalized spacial score (nSPS) is 18.9. The number of carbonyl (C=O) groups excluding carboxylic acids is 1. The molecular weight excluding hydrogens is 595 g/mol. The molecule has 1 aliphatic heterocycles. The second-order valence-corrected chi connectivity index (χ2v) is 10.6. The minimum absolute atomic E-state index is 0.0787. The Bertz CT molecular complexity index is 1110. The molecule has 2 aromatic rings. The smallest absolute Gasteiger partial charge is 0.435 e. The van der Waals surface area contributed by atoms with Crippen LogP contribution in [0.15, 0.2) is 35.5 Å². The van der Waals surface area contributed by atoms with Crippen molar-refractivity contribution in [2.24, 2.45) is 5.92 Å². The monoisotopic (exact) mass is 616 g/mol. The summed E-state index contributed by atoms with van der Waals surface area (Å²) < 4.78 is 40.4. The maximum Gasteiger partial charge on any atom is 0.435 e. The summed E-state index contributed by atoms with van der Waals surface area (Å²) in [6.07, 6.45) is -3.98. The highest BCUT2D eigenvalue weighted by Crippen LogP contribution is 2.40. The summed E-state index contributed by atoms with van der Waals surface area (Å²) in [7, 11) is 0. The predicted octanol–water partition coefficient (Wildman–Crippen LogP) is 1.90. The maximum atomic E-state index is 13.5. The lowest BCUT2D eigenvalue weighted by atomic mass is 9.93. The Hall–Kier alpha value is -1.50. The third-order valence-electron chi connectivity index (χ3n) is 5.71. The molecule has 12 heteroatoms. The van der Waals surface area contributed by atoms with E-state index in [1.807, 2.05) is 36.4 Å². The van der Waals surface area contributed by atoms with Gasteiger partial charge >= 0.3 is 6.18 Å². The molecule has 3 N–H and O–H groups in total. The van der Waals surface area contributed by atoms with Crippen LogP contribution in [0.5, 0.6) is 0 Å². The zero-order chi connectivity index (χ0) is 24.7. The van der Waals surface area contributed by atoms with Crippen LogP contribution in [0.2, 0.25) is 10.0 Å². The lowest BCUT2D eigenvalue weighted by molar-refractivity contribution is -0.504. The number of nitrogens with zero attached hydrogens (tertiary/aromatic N) is 2. The Kier molecular flexibility index (Phi) is 7.62. The van der Waals surface area contributed by atoms with Crippen molar-refractivity contribution in [1.29, 1.82) is 0 Å². The number of alkyl halides is 4. The minimum atomic E-state index is -4.67. The summed E-state index contributed by atoms with van der Waals surface area (Å²) in [5.41, 5.74) is -0.163. The first-order valence-electron chi connectivity index (χ1n) is 10.0. The number of allylic oxidation sites excluding steroid dienone is 1. The number of aliphatic hydroxyl groups is 1. The summed E-state index contributed by atoms with van der Waals surface area (Å²) in [5.74, 6) is -0.545. The van der Waals surface area contributed by atoms with Gasteiger partial charge in [-0.15, -0.1) is 0 Å². The van der Waals surface area contributed by atoms with Gasteiger partial charge in [0.1, 0.15) is 11.9 Å². The topological polar surface area (TPSA) is 79.2 Å². The Morgan fingerprint density at radius 2 is 2.00 bits per heavy atom. The highest BCUT2D eigenvalue weighted by atomic mass is 127. The molecule has 1 radical (unpaired) electrons. The maximum absolute atomic E-state index is 13.5.